The molecule has 0 saturated carbocycles. The second kappa shape index (κ2) is 8.62. The second-order valence-corrected chi connectivity index (χ2v) is 6.15. The number of halogens is 1. The summed E-state index contributed by atoms with van der Waals surface area (Å²) in [5.74, 6) is 0.890. The summed E-state index contributed by atoms with van der Waals surface area (Å²) in [6.07, 6.45) is 4.52. The van der Waals surface area contributed by atoms with Crippen LogP contribution in [0.2, 0.25) is 0 Å². The normalized spacial score (nSPS) is 21.2. The third-order valence-electron chi connectivity index (χ3n) is 4.16. The van der Waals surface area contributed by atoms with Gasteiger partial charge in [-0.25, -0.2) is 0 Å². The lowest BCUT2D eigenvalue weighted by atomic mass is 9.98. The van der Waals surface area contributed by atoms with E-state index in [1.165, 1.54) is 19.3 Å². The van der Waals surface area contributed by atoms with Crippen LogP contribution in [-0.2, 0) is 0 Å². The maximum atomic E-state index is 9.19. The highest BCUT2D eigenvalue weighted by atomic mass is 35.5. The van der Waals surface area contributed by atoms with Crippen molar-refractivity contribution in [2.45, 2.75) is 44.0 Å². The average Bonchev–Trinajstić information content (AvgIpc) is 2.50. The maximum Gasteiger partial charge on any atom is 0.119 e. The molecule has 0 amide bonds. The number of aliphatic hydroxyl groups is 1. The van der Waals surface area contributed by atoms with Gasteiger partial charge in [0.05, 0.1) is 12.0 Å². The lowest BCUT2D eigenvalue weighted by Crippen LogP contribution is -2.41. The highest BCUT2D eigenvalue weighted by molar-refractivity contribution is 6.21. The van der Waals surface area contributed by atoms with E-state index in [0.717, 1.165) is 30.8 Å². The van der Waals surface area contributed by atoms with Crippen molar-refractivity contribution in [3.63, 3.8) is 0 Å². The number of rotatable bonds is 7. The van der Waals surface area contributed by atoms with E-state index in [1.807, 2.05) is 31.2 Å². The van der Waals surface area contributed by atoms with E-state index in [4.69, 9.17) is 16.3 Å². The molecule has 4 heteroatoms. The van der Waals surface area contributed by atoms with E-state index in [1.54, 1.807) is 0 Å². The van der Waals surface area contributed by atoms with Crippen LogP contribution in [-0.4, -0.2) is 42.4 Å². The fraction of sp³-hybridized carbons (Fsp3) is 0.647. The number of alkyl halides is 1. The minimum atomic E-state index is -0.0139. The van der Waals surface area contributed by atoms with Crippen molar-refractivity contribution in [2.24, 2.45) is 0 Å². The van der Waals surface area contributed by atoms with E-state index in [2.05, 4.69) is 4.90 Å². The molecule has 1 fully saturated rings. The van der Waals surface area contributed by atoms with Gasteiger partial charge in [-0.2, -0.15) is 0 Å². The summed E-state index contributed by atoms with van der Waals surface area (Å²) in [7, 11) is 0. The van der Waals surface area contributed by atoms with Gasteiger partial charge in [0.2, 0.25) is 0 Å². The first-order chi connectivity index (χ1) is 10.2. The zero-order chi connectivity index (χ0) is 15.1. The summed E-state index contributed by atoms with van der Waals surface area (Å²) in [6, 6.07) is 8.54. The molecule has 3 nitrogen and oxygen atoms in total. The number of hydrogen-bond donors (Lipinski definition) is 1. The van der Waals surface area contributed by atoms with Crippen LogP contribution in [0.4, 0.5) is 0 Å². The Labute approximate surface area is 132 Å². The van der Waals surface area contributed by atoms with Gasteiger partial charge < -0.3 is 9.84 Å². The minimum absolute atomic E-state index is 0.0139. The summed E-state index contributed by atoms with van der Waals surface area (Å²) >= 11 is 6.59. The number of aliphatic hydroxyl groups excluding tert-OH is 1. The van der Waals surface area contributed by atoms with Crippen molar-refractivity contribution < 1.29 is 9.84 Å². The smallest absolute Gasteiger partial charge is 0.119 e. The molecule has 1 aromatic rings. The highest BCUT2D eigenvalue weighted by Crippen LogP contribution is 2.28. The Morgan fingerprint density at radius 1 is 1.33 bits per heavy atom. The van der Waals surface area contributed by atoms with Gasteiger partial charge in [-0.1, -0.05) is 18.6 Å². The van der Waals surface area contributed by atoms with Gasteiger partial charge in [-0.05, 0) is 50.4 Å². The Balaban J connectivity index is 1.93. The molecule has 0 aromatic heterocycles. The zero-order valence-electron chi connectivity index (χ0n) is 12.8. The molecule has 1 heterocycles. The van der Waals surface area contributed by atoms with Gasteiger partial charge in [-0.3, -0.25) is 4.90 Å². The van der Waals surface area contributed by atoms with Gasteiger partial charge in [0.15, 0.2) is 0 Å². The molecule has 1 aliphatic rings. The lowest BCUT2D eigenvalue weighted by molar-refractivity contribution is 0.119. The topological polar surface area (TPSA) is 32.7 Å². The average molecular weight is 312 g/mol. The van der Waals surface area contributed by atoms with Gasteiger partial charge in [0, 0.05) is 19.2 Å². The van der Waals surface area contributed by atoms with E-state index in [9.17, 15) is 5.11 Å². The number of benzene rings is 1. The van der Waals surface area contributed by atoms with E-state index < -0.39 is 0 Å². The van der Waals surface area contributed by atoms with Gasteiger partial charge in [-0.15, -0.1) is 11.6 Å². The van der Waals surface area contributed by atoms with Gasteiger partial charge in [0.25, 0.3) is 0 Å². The predicted octanol–water partition coefficient (Wildman–Crippen LogP) is 3.60. The van der Waals surface area contributed by atoms with Crippen LogP contribution < -0.4 is 4.74 Å². The number of likely N-dealkylation sites (tertiary alicyclic amines) is 1. The van der Waals surface area contributed by atoms with Crippen molar-refractivity contribution in [1.29, 1.82) is 0 Å². The molecule has 1 aromatic carbocycles. The van der Waals surface area contributed by atoms with Crippen molar-refractivity contribution in [1.82, 2.24) is 4.90 Å². The highest BCUT2D eigenvalue weighted by Gasteiger charge is 2.24. The molecular formula is C17H26ClNO2. The summed E-state index contributed by atoms with van der Waals surface area (Å²) in [5, 5.41) is 9.18. The van der Waals surface area contributed by atoms with Gasteiger partial charge in [0.1, 0.15) is 5.75 Å². The fourth-order valence-corrected chi connectivity index (χ4v) is 3.35. The lowest BCUT2D eigenvalue weighted by Gasteiger charge is -2.36. The molecular weight excluding hydrogens is 286 g/mol. The Bertz CT molecular complexity index is 408. The molecule has 0 spiro atoms. The third kappa shape index (κ3) is 4.87. The van der Waals surface area contributed by atoms with E-state index in [-0.39, 0.29) is 12.0 Å². The first-order valence-corrected chi connectivity index (χ1v) is 8.40. The van der Waals surface area contributed by atoms with Crippen molar-refractivity contribution in [2.75, 3.05) is 26.3 Å². The van der Waals surface area contributed by atoms with Crippen molar-refractivity contribution >= 4 is 11.6 Å². The van der Waals surface area contributed by atoms with Crippen LogP contribution in [0.5, 0.6) is 5.75 Å². The summed E-state index contributed by atoms with van der Waals surface area (Å²) in [6.45, 7) is 4.86. The summed E-state index contributed by atoms with van der Waals surface area (Å²) < 4.78 is 5.46. The summed E-state index contributed by atoms with van der Waals surface area (Å²) in [4.78, 5) is 2.44. The molecule has 1 saturated heterocycles. The van der Waals surface area contributed by atoms with Gasteiger partial charge >= 0.3 is 0 Å². The molecule has 1 N–H and O–H groups in total. The monoisotopic (exact) mass is 311 g/mol. The van der Waals surface area contributed by atoms with E-state index in [0.29, 0.717) is 12.6 Å². The first-order valence-electron chi connectivity index (χ1n) is 7.96. The molecule has 0 radical (unpaired) electrons. The fourth-order valence-electron chi connectivity index (χ4n) is 3.03. The van der Waals surface area contributed by atoms with E-state index >= 15 is 0 Å². The number of nitrogens with zero attached hydrogens (tertiary/aromatic N) is 1. The standard InChI is InChI=1S/C17H26ClNO2/c1-2-21-16-8-6-14(7-9-16)17(18)13-19-11-4-3-5-15(19)10-12-20/h6-9,15,17,20H,2-5,10-13H2,1H3. The number of ether oxygens (including phenoxy) is 1. The largest absolute Gasteiger partial charge is 0.494 e. The Morgan fingerprint density at radius 2 is 2.10 bits per heavy atom. The molecule has 21 heavy (non-hydrogen) atoms. The predicted molar refractivity (Wildman–Crippen MR) is 87.1 cm³/mol. The first kappa shape index (κ1) is 16.6. The molecule has 1 aliphatic heterocycles. The third-order valence-corrected chi connectivity index (χ3v) is 4.55. The molecule has 118 valence electrons. The Kier molecular flexibility index (Phi) is 6.81. The molecule has 2 rings (SSSR count). The minimum Gasteiger partial charge on any atom is -0.494 e. The number of piperidine rings is 1. The molecule has 2 unspecified atom stereocenters. The van der Waals surface area contributed by atoms with Crippen LogP contribution in [0.15, 0.2) is 24.3 Å². The Hall–Kier alpha value is -0.770. The summed E-state index contributed by atoms with van der Waals surface area (Å²) in [5.41, 5.74) is 1.13. The maximum absolute atomic E-state index is 9.19. The van der Waals surface area contributed by atoms with Crippen LogP contribution in [0.3, 0.4) is 0 Å². The van der Waals surface area contributed by atoms with Crippen LogP contribution >= 0.6 is 11.6 Å². The van der Waals surface area contributed by atoms with Crippen molar-refractivity contribution in [3.05, 3.63) is 29.8 Å². The number of hydrogen-bond acceptors (Lipinski definition) is 3. The Morgan fingerprint density at radius 3 is 2.76 bits per heavy atom. The second-order valence-electron chi connectivity index (χ2n) is 5.63. The van der Waals surface area contributed by atoms with Crippen LogP contribution in [0.1, 0.15) is 43.5 Å². The van der Waals surface area contributed by atoms with Crippen LogP contribution in [0, 0.1) is 0 Å². The molecule has 2 atom stereocenters. The van der Waals surface area contributed by atoms with Crippen molar-refractivity contribution in [3.8, 4) is 5.75 Å². The van der Waals surface area contributed by atoms with Crippen LogP contribution in [0.25, 0.3) is 0 Å². The zero-order valence-corrected chi connectivity index (χ0v) is 13.6. The molecule has 0 bridgehead atoms. The molecule has 0 aliphatic carbocycles. The SMILES string of the molecule is CCOc1ccc(C(Cl)CN2CCCCC2CCO)cc1. The quantitative estimate of drug-likeness (QED) is 0.781.